The molecule has 94 valence electrons. The van der Waals surface area contributed by atoms with Crippen molar-refractivity contribution in [2.75, 3.05) is 26.2 Å². The lowest BCUT2D eigenvalue weighted by Crippen LogP contribution is -2.41. The van der Waals surface area contributed by atoms with Crippen molar-refractivity contribution < 1.29 is 14.7 Å². The minimum Gasteiger partial charge on any atom is -0.480 e. The van der Waals surface area contributed by atoms with Crippen LogP contribution in [0.4, 0.5) is 0 Å². The topological polar surface area (TPSA) is 130 Å². The Morgan fingerprint density at radius 3 is 2.44 bits per heavy atom. The number of aliphatic carboxylic acids is 1. The van der Waals surface area contributed by atoms with Gasteiger partial charge in [-0.15, -0.1) is 0 Å². The van der Waals surface area contributed by atoms with Gasteiger partial charge in [0.2, 0.25) is 5.91 Å². The highest BCUT2D eigenvalue weighted by Gasteiger charge is 2.16. The second kappa shape index (κ2) is 9.08. The number of carboxylic acids is 1. The third kappa shape index (κ3) is 8.16. The molecular weight excluding hydrogens is 212 g/mol. The molecule has 0 rings (SSSR count). The zero-order valence-corrected chi connectivity index (χ0v) is 9.24. The van der Waals surface area contributed by atoms with Crippen LogP contribution in [0.5, 0.6) is 0 Å². The lowest BCUT2D eigenvalue weighted by atomic mass is 10.1. The van der Waals surface area contributed by atoms with Gasteiger partial charge in [0.15, 0.2) is 0 Å². The fourth-order valence-corrected chi connectivity index (χ4v) is 1.16. The summed E-state index contributed by atoms with van der Waals surface area (Å²) in [6.45, 7) is 2.39. The molecule has 0 aliphatic heterocycles. The largest absolute Gasteiger partial charge is 0.480 e. The molecule has 1 atom stereocenters. The maximum atomic E-state index is 10.8. The summed E-state index contributed by atoms with van der Waals surface area (Å²) < 4.78 is 0. The van der Waals surface area contributed by atoms with Gasteiger partial charge in [-0.2, -0.15) is 0 Å². The highest BCUT2D eigenvalue weighted by atomic mass is 16.4. The lowest BCUT2D eigenvalue weighted by molar-refractivity contribution is -0.139. The van der Waals surface area contributed by atoms with E-state index in [1.165, 1.54) is 0 Å². The summed E-state index contributed by atoms with van der Waals surface area (Å²) in [4.78, 5) is 21.3. The molecule has 7 nitrogen and oxygen atoms in total. The van der Waals surface area contributed by atoms with Crippen LogP contribution >= 0.6 is 0 Å². The van der Waals surface area contributed by atoms with Crippen molar-refractivity contribution in [3.63, 3.8) is 0 Å². The van der Waals surface area contributed by atoms with Gasteiger partial charge < -0.3 is 27.2 Å². The van der Waals surface area contributed by atoms with Crippen molar-refractivity contribution in [1.29, 1.82) is 0 Å². The fraction of sp³-hybridized carbons (Fsp3) is 0.778. The van der Waals surface area contributed by atoms with E-state index in [4.69, 9.17) is 16.6 Å². The summed E-state index contributed by atoms with van der Waals surface area (Å²) in [7, 11) is 0. The van der Waals surface area contributed by atoms with E-state index in [0.29, 0.717) is 26.2 Å². The van der Waals surface area contributed by atoms with Crippen LogP contribution < -0.4 is 22.1 Å². The Bertz CT molecular complexity index is 223. The smallest absolute Gasteiger partial charge is 0.320 e. The Labute approximate surface area is 94.6 Å². The standard InChI is InChI=1S/C9H20N4O3/c10-3-4-12-5-6-13-7(9(15)16)1-2-8(11)14/h7,12-13H,1-6,10H2,(H2,11,14)(H,15,16)/t7-/m0/s1. The molecule has 16 heavy (non-hydrogen) atoms. The minimum atomic E-state index is -0.972. The Balaban J connectivity index is 3.68. The number of nitrogens with one attached hydrogen (secondary N) is 2. The van der Waals surface area contributed by atoms with E-state index in [-0.39, 0.29) is 12.8 Å². The third-order valence-electron chi connectivity index (χ3n) is 1.99. The number of carboxylic acid groups (broad SMARTS) is 1. The minimum absolute atomic E-state index is 0.0696. The van der Waals surface area contributed by atoms with Gasteiger partial charge in [0.05, 0.1) is 0 Å². The molecule has 0 saturated carbocycles. The van der Waals surface area contributed by atoms with Crippen LogP contribution in [-0.2, 0) is 9.59 Å². The number of rotatable bonds is 10. The highest BCUT2D eigenvalue weighted by molar-refractivity contribution is 5.77. The molecule has 0 saturated heterocycles. The van der Waals surface area contributed by atoms with Crippen LogP contribution in [0.1, 0.15) is 12.8 Å². The lowest BCUT2D eigenvalue weighted by Gasteiger charge is -2.13. The first-order chi connectivity index (χ1) is 7.57. The average molecular weight is 232 g/mol. The van der Waals surface area contributed by atoms with Gasteiger partial charge in [-0.25, -0.2) is 0 Å². The van der Waals surface area contributed by atoms with E-state index in [2.05, 4.69) is 10.6 Å². The molecule has 0 aliphatic rings. The van der Waals surface area contributed by atoms with Crippen molar-refractivity contribution in [1.82, 2.24) is 10.6 Å². The summed E-state index contributed by atoms with van der Waals surface area (Å²) in [6, 6.07) is -0.729. The molecular formula is C9H20N4O3. The number of primary amides is 1. The number of nitrogens with two attached hydrogens (primary N) is 2. The van der Waals surface area contributed by atoms with E-state index < -0.39 is 17.9 Å². The first-order valence-electron chi connectivity index (χ1n) is 5.23. The van der Waals surface area contributed by atoms with Gasteiger partial charge in [-0.3, -0.25) is 9.59 Å². The van der Waals surface area contributed by atoms with E-state index in [0.717, 1.165) is 0 Å². The van der Waals surface area contributed by atoms with E-state index in [1.807, 2.05) is 0 Å². The third-order valence-corrected chi connectivity index (χ3v) is 1.99. The number of carbonyl (C=O) groups excluding carboxylic acids is 1. The van der Waals surface area contributed by atoms with Crippen LogP contribution in [0.25, 0.3) is 0 Å². The van der Waals surface area contributed by atoms with E-state index in [1.54, 1.807) is 0 Å². The molecule has 0 bridgehead atoms. The second-order valence-electron chi connectivity index (χ2n) is 3.39. The van der Waals surface area contributed by atoms with Gasteiger partial charge in [0.25, 0.3) is 0 Å². The monoisotopic (exact) mass is 232 g/mol. The molecule has 0 radical (unpaired) electrons. The molecule has 0 aliphatic carbocycles. The molecule has 0 unspecified atom stereocenters. The van der Waals surface area contributed by atoms with E-state index in [9.17, 15) is 9.59 Å². The van der Waals surface area contributed by atoms with Crippen molar-refractivity contribution in [2.45, 2.75) is 18.9 Å². The number of hydrogen-bond donors (Lipinski definition) is 5. The predicted molar refractivity (Wildman–Crippen MR) is 59.8 cm³/mol. The summed E-state index contributed by atoms with van der Waals surface area (Å²) in [5.74, 6) is -1.46. The maximum absolute atomic E-state index is 10.8. The fourth-order valence-electron chi connectivity index (χ4n) is 1.16. The van der Waals surface area contributed by atoms with Crippen LogP contribution in [-0.4, -0.2) is 49.2 Å². The molecule has 0 fully saturated rings. The zero-order valence-electron chi connectivity index (χ0n) is 9.24. The maximum Gasteiger partial charge on any atom is 0.320 e. The Morgan fingerprint density at radius 2 is 1.94 bits per heavy atom. The molecule has 0 spiro atoms. The molecule has 7 heteroatoms. The number of hydrogen-bond acceptors (Lipinski definition) is 5. The number of carbonyl (C=O) groups is 2. The Kier molecular flexibility index (Phi) is 8.41. The van der Waals surface area contributed by atoms with Gasteiger partial charge in [0.1, 0.15) is 6.04 Å². The van der Waals surface area contributed by atoms with Crippen LogP contribution in [0.2, 0.25) is 0 Å². The van der Waals surface area contributed by atoms with Gasteiger partial charge in [-0.1, -0.05) is 0 Å². The average Bonchev–Trinajstić information content (AvgIpc) is 2.21. The molecule has 0 aromatic carbocycles. The molecule has 0 aromatic heterocycles. The van der Waals surface area contributed by atoms with Crippen molar-refractivity contribution in [3.05, 3.63) is 0 Å². The quantitative estimate of drug-likeness (QED) is 0.273. The molecule has 7 N–H and O–H groups in total. The van der Waals surface area contributed by atoms with Crippen LogP contribution in [0.3, 0.4) is 0 Å². The van der Waals surface area contributed by atoms with E-state index >= 15 is 0 Å². The highest BCUT2D eigenvalue weighted by Crippen LogP contribution is 1.96. The van der Waals surface area contributed by atoms with Crippen LogP contribution in [0.15, 0.2) is 0 Å². The molecule has 1 amide bonds. The van der Waals surface area contributed by atoms with Crippen LogP contribution in [0, 0.1) is 0 Å². The number of amides is 1. The summed E-state index contributed by atoms with van der Waals surface area (Å²) >= 11 is 0. The zero-order chi connectivity index (χ0) is 12.4. The predicted octanol–water partition coefficient (Wildman–Crippen LogP) is -2.16. The normalized spacial score (nSPS) is 12.3. The second-order valence-corrected chi connectivity index (χ2v) is 3.39. The summed E-state index contributed by atoms with van der Waals surface area (Å²) in [6.07, 6.45) is 0.280. The Hall–Kier alpha value is -1.18. The first kappa shape index (κ1) is 14.8. The van der Waals surface area contributed by atoms with Gasteiger partial charge in [0, 0.05) is 32.6 Å². The molecule has 0 aromatic rings. The van der Waals surface area contributed by atoms with Crippen molar-refractivity contribution >= 4 is 11.9 Å². The SMILES string of the molecule is NCCNCCN[C@@H](CCC(N)=O)C(=O)O. The molecule has 0 heterocycles. The Morgan fingerprint density at radius 1 is 1.25 bits per heavy atom. The van der Waals surface area contributed by atoms with Gasteiger partial charge >= 0.3 is 5.97 Å². The summed E-state index contributed by atoms with van der Waals surface area (Å²) in [5.41, 5.74) is 10.2. The van der Waals surface area contributed by atoms with Crippen molar-refractivity contribution in [2.24, 2.45) is 11.5 Å². The summed E-state index contributed by atoms with van der Waals surface area (Å²) in [5, 5.41) is 14.7. The van der Waals surface area contributed by atoms with Crippen molar-refractivity contribution in [3.8, 4) is 0 Å². The first-order valence-corrected chi connectivity index (χ1v) is 5.23. The van der Waals surface area contributed by atoms with Gasteiger partial charge in [-0.05, 0) is 6.42 Å².